The van der Waals surface area contributed by atoms with Crippen LogP contribution in [-0.2, 0) is 16.1 Å². The Morgan fingerprint density at radius 1 is 1.19 bits per heavy atom. The zero-order valence-corrected chi connectivity index (χ0v) is 16.3. The predicted molar refractivity (Wildman–Crippen MR) is 105 cm³/mol. The van der Waals surface area contributed by atoms with Crippen molar-refractivity contribution in [3.63, 3.8) is 0 Å². The summed E-state index contributed by atoms with van der Waals surface area (Å²) < 4.78 is 6.05. The fraction of sp³-hybridized carbons (Fsp3) is 0.105. The van der Waals surface area contributed by atoms with E-state index in [2.05, 4.69) is 15.9 Å². The van der Waals surface area contributed by atoms with Crippen molar-refractivity contribution in [1.29, 1.82) is 0 Å². The van der Waals surface area contributed by atoms with E-state index < -0.39 is 12.6 Å². The van der Waals surface area contributed by atoms with Crippen LogP contribution >= 0.6 is 27.7 Å². The Morgan fingerprint density at radius 2 is 1.93 bits per heavy atom. The Morgan fingerprint density at radius 3 is 2.63 bits per heavy atom. The number of carbonyl (C=O) groups excluding carboxylic acids is 2. The van der Waals surface area contributed by atoms with E-state index in [1.807, 2.05) is 24.3 Å². The first kappa shape index (κ1) is 19.2. The Bertz CT molecular complexity index is 926. The Kier molecular flexibility index (Phi) is 5.98. The normalized spacial score (nSPS) is 15.4. The van der Waals surface area contributed by atoms with Crippen molar-refractivity contribution in [2.75, 3.05) is 6.61 Å². The molecule has 0 spiro atoms. The van der Waals surface area contributed by atoms with Gasteiger partial charge in [-0.15, -0.1) is 0 Å². The number of rotatable bonds is 6. The highest BCUT2D eigenvalue weighted by Gasteiger charge is 2.34. The third-order valence-corrected chi connectivity index (χ3v) is 5.08. The van der Waals surface area contributed by atoms with Gasteiger partial charge in [-0.25, -0.2) is 4.79 Å². The number of imide groups is 1. The van der Waals surface area contributed by atoms with Gasteiger partial charge in [-0.1, -0.05) is 40.2 Å². The van der Waals surface area contributed by atoms with Crippen molar-refractivity contribution in [3.8, 4) is 5.75 Å². The maximum atomic E-state index is 12.6. The lowest BCUT2D eigenvalue weighted by molar-refractivity contribution is -0.139. The van der Waals surface area contributed by atoms with Crippen LogP contribution in [0.25, 0.3) is 6.08 Å². The van der Waals surface area contributed by atoms with Crippen LogP contribution in [0.4, 0.5) is 4.79 Å². The van der Waals surface area contributed by atoms with Crippen LogP contribution in [0, 0.1) is 0 Å². The molecule has 3 rings (SSSR count). The van der Waals surface area contributed by atoms with Crippen molar-refractivity contribution in [2.45, 2.75) is 6.54 Å². The summed E-state index contributed by atoms with van der Waals surface area (Å²) in [5.74, 6) is -1.06. The number of amides is 2. The average molecular weight is 448 g/mol. The first-order valence-electron chi connectivity index (χ1n) is 7.87. The minimum atomic E-state index is -1.07. The van der Waals surface area contributed by atoms with Crippen LogP contribution in [0.3, 0.4) is 0 Å². The molecule has 0 unspecified atom stereocenters. The molecule has 2 aromatic rings. The molecule has 0 aromatic heterocycles. The van der Waals surface area contributed by atoms with Gasteiger partial charge in [0.25, 0.3) is 11.1 Å². The van der Waals surface area contributed by atoms with Crippen molar-refractivity contribution in [1.82, 2.24) is 4.90 Å². The highest BCUT2D eigenvalue weighted by molar-refractivity contribution is 9.10. The van der Waals surface area contributed by atoms with E-state index in [0.717, 1.165) is 21.8 Å². The zero-order chi connectivity index (χ0) is 19.4. The average Bonchev–Trinajstić information content (AvgIpc) is 2.89. The van der Waals surface area contributed by atoms with Gasteiger partial charge in [0, 0.05) is 4.47 Å². The van der Waals surface area contributed by atoms with Crippen LogP contribution in [-0.4, -0.2) is 33.7 Å². The molecule has 27 heavy (non-hydrogen) atoms. The van der Waals surface area contributed by atoms with Crippen LogP contribution in [0.1, 0.15) is 11.1 Å². The molecular formula is C19H14BrNO5S. The minimum absolute atomic E-state index is 0.205. The van der Waals surface area contributed by atoms with Gasteiger partial charge in [0.2, 0.25) is 0 Å². The molecule has 0 bridgehead atoms. The summed E-state index contributed by atoms with van der Waals surface area (Å²) >= 11 is 4.23. The maximum absolute atomic E-state index is 12.6. The molecule has 1 heterocycles. The molecule has 1 aliphatic heterocycles. The van der Waals surface area contributed by atoms with Crippen LogP contribution in [0.2, 0.25) is 0 Å². The lowest BCUT2D eigenvalue weighted by Gasteiger charge is -2.12. The van der Waals surface area contributed by atoms with E-state index in [9.17, 15) is 14.4 Å². The molecular weight excluding hydrogens is 434 g/mol. The molecule has 8 heteroatoms. The molecule has 0 saturated carbocycles. The van der Waals surface area contributed by atoms with E-state index in [0.29, 0.717) is 16.2 Å². The second-order valence-corrected chi connectivity index (χ2v) is 7.56. The molecule has 2 aromatic carbocycles. The summed E-state index contributed by atoms with van der Waals surface area (Å²) in [6, 6.07) is 14.1. The quantitative estimate of drug-likeness (QED) is 0.669. The largest absolute Gasteiger partial charge is 0.482 e. The number of aliphatic carboxylic acids is 1. The van der Waals surface area contributed by atoms with Crippen molar-refractivity contribution < 1.29 is 24.2 Å². The number of ether oxygens (including phenoxy) is 1. The highest BCUT2D eigenvalue weighted by Crippen LogP contribution is 2.33. The molecule has 0 aliphatic carbocycles. The molecule has 0 radical (unpaired) electrons. The number of halogens is 1. The van der Waals surface area contributed by atoms with E-state index in [-0.39, 0.29) is 17.7 Å². The van der Waals surface area contributed by atoms with Gasteiger partial charge in [-0.2, -0.15) is 0 Å². The summed E-state index contributed by atoms with van der Waals surface area (Å²) in [6.45, 7) is -0.246. The second kappa shape index (κ2) is 8.41. The van der Waals surface area contributed by atoms with Gasteiger partial charge in [0.1, 0.15) is 5.75 Å². The molecule has 0 atom stereocenters. The van der Waals surface area contributed by atoms with E-state index in [1.54, 1.807) is 30.3 Å². The summed E-state index contributed by atoms with van der Waals surface area (Å²) in [5.41, 5.74) is 1.50. The molecule has 6 nitrogen and oxygen atoms in total. The molecule has 138 valence electrons. The van der Waals surface area contributed by atoms with Gasteiger partial charge in [-0.05, 0) is 53.2 Å². The summed E-state index contributed by atoms with van der Waals surface area (Å²) in [4.78, 5) is 36.9. The topological polar surface area (TPSA) is 83.9 Å². The smallest absolute Gasteiger partial charge is 0.341 e. The van der Waals surface area contributed by atoms with Crippen LogP contribution in [0.5, 0.6) is 5.75 Å². The number of carbonyl (C=O) groups is 3. The van der Waals surface area contributed by atoms with Crippen LogP contribution in [0.15, 0.2) is 57.9 Å². The first-order valence-corrected chi connectivity index (χ1v) is 9.48. The number of thioether (sulfide) groups is 1. The number of benzene rings is 2. The van der Waals surface area contributed by atoms with Crippen molar-refractivity contribution in [3.05, 3.63) is 69.0 Å². The fourth-order valence-corrected chi connectivity index (χ4v) is 3.50. The lowest BCUT2D eigenvalue weighted by atomic mass is 10.2. The van der Waals surface area contributed by atoms with Gasteiger partial charge < -0.3 is 9.84 Å². The molecule has 1 aliphatic rings. The Labute approximate surface area is 167 Å². The van der Waals surface area contributed by atoms with Crippen LogP contribution < -0.4 is 4.74 Å². The minimum Gasteiger partial charge on any atom is -0.482 e. The first-order chi connectivity index (χ1) is 12.9. The number of hydrogen-bond donors (Lipinski definition) is 1. The summed E-state index contributed by atoms with van der Waals surface area (Å²) in [6.07, 6.45) is 1.60. The Hall–Kier alpha value is -2.58. The monoisotopic (exact) mass is 447 g/mol. The molecule has 1 fully saturated rings. The van der Waals surface area contributed by atoms with Crippen molar-refractivity contribution in [2.24, 2.45) is 0 Å². The third-order valence-electron chi connectivity index (χ3n) is 3.65. The standard InChI is InChI=1S/C19H14BrNO5S/c20-14-6-4-12(5-7-14)10-21-18(24)16(27-19(21)25)9-13-2-1-3-15(8-13)26-11-17(22)23/h1-9H,10-11H2,(H,22,23)/b16-9-. The highest BCUT2D eigenvalue weighted by atomic mass is 79.9. The number of carboxylic acids is 1. The van der Waals surface area contributed by atoms with Gasteiger partial charge >= 0.3 is 5.97 Å². The molecule has 1 N–H and O–H groups in total. The third kappa shape index (κ3) is 4.99. The number of carboxylic acid groups (broad SMARTS) is 1. The van der Waals surface area contributed by atoms with Gasteiger partial charge in [0.15, 0.2) is 6.61 Å². The number of hydrogen-bond acceptors (Lipinski definition) is 5. The maximum Gasteiger partial charge on any atom is 0.341 e. The zero-order valence-electron chi connectivity index (χ0n) is 13.9. The summed E-state index contributed by atoms with van der Waals surface area (Å²) in [5, 5.41) is 8.35. The molecule has 2 amide bonds. The SMILES string of the molecule is O=C(O)COc1cccc(/C=C2\SC(=O)N(Cc3ccc(Br)cc3)C2=O)c1. The predicted octanol–water partition coefficient (Wildman–Crippen LogP) is 4.15. The summed E-state index contributed by atoms with van der Waals surface area (Å²) in [7, 11) is 0. The van der Waals surface area contributed by atoms with E-state index in [4.69, 9.17) is 9.84 Å². The van der Waals surface area contributed by atoms with Gasteiger partial charge in [-0.3, -0.25) is 14.5 Å². The molecule has 1 saturated heterocycles. The number of nitrogens with zero attached hydrogens (tertiary/aromatic N) is 1. The van der Waals surface area contributed by atoms with E-state index >= 15 is 0 Å². The fourth-order valence-electron chi connectivity index (χ4n) is 2.40. The Balaban J connectivity index is 1.75. The van der Waals surface area contributed by atoms with Crippen molar-refractivity contribution >= 4 is 50.9 Å². The van der Waals surface area contributed by atoms with Gasteiger partial charge in [0.05, 0.1) is 11.4 Å². The second-order valence-electron chi connectivity index (χ2n) is 5.65. The lowest BCUT2D eigenvalue weighted by Crippen LogP contribution is -2.27. The van der Waals surface area contributed by atoms with E-state index in [1.165, 1.54) is 4.90 Å².